The lowest BCUT2D eigenvalue weighted by molar-refractivity contribution is -0.139. The van der Waals surface area contributed by atoms with E-state index in [4.69, 9.17) is 4.74 Å². The zero-order valence-corrected chi connectivity index (χ0v) is 24.7. The molecule has 3 aromatic rings. The van der Waals surface area contributed by atoms with Gasteiger partial charge in [-0.25, -0.2) is 8.42 Å². The molecule has 0 heterocycles. The first-order valence-corrected chi connectivity index (χ1v) is 15.0. The second-order valence-electron chi connectivity index (χ2n) is 9.73. The minimum absolute atomic E-state index is 0.0307. The van der Waals surface area contributed by atoms with E-state index in [-0.39, 0.29) is 17.3 Å². The highest BCUT2D eigenvalue weighted by molar-refractivity contribution is 7.92. The van der Waals surface area contributed by atoms with Gasteiger partial charge in [-0.05, 0) is 76.1 Å². The topological polar surface area (TPSA) is 96.0 Å². The van der Waals surface area contributed by atoms with Crippen molar-refractivity contribution in [3.8, 4) is 5.75 Å². The number of carbonyl (C=O) groups excluding carboxylic acids is 2. The Morgan fingerprint density at radius 2 is 1.45 bits per heavy atom. The molecule has 0 aliphatic carbocycles. The van der Waals surface area contributed by atoms with Crippen molar-refractivity contribution in [3.63, 3.8) is 0 Å². The molecule has 214 valence electrons. The first-order chi connectivity index (χ1) is 19.1. The SMILES string of the molecule is CCCNC(=O)[C@H](C)N(Cc1ccc(C)cc1)C(=O)CN(c1ccc(C)cc1)S(=O)(=O)c1ccc(OCC)cc1. The minimum Gasteiger partial charge on any atom is -0.494 e. The Bertz CT molecular complexity index is 1370. The monoisotopic (exact) mass is 565 g/mol. The van der Waals surface area contributed by atoms with Gasteiger partial charge < -0.3 is 15.0 Å². The number of benzene rings is 3. The first kappa shape index (κ1) is 30.7. The summed E-state index contributed by atoms with van der Waals surface area (Å²) < 4.78 is 34.4. The number of hydrogen-bond donors (Lipinski definition) is 1. The molecule has 8 nitrogen and oxygen atoms in total. The van der Waals surface area contributed by atoms with Crippen LogP contribution in [-0.4, -0.2) is 50.9 Å². The fraction of sp³-hybridized carbons (Fsp3) is 0.355. The maximum absolute atomic E-state index is 13.9. The van der Waals surface area contributed by atoms with Crippen molar-refractivity contribution < 1.29 is 22.7 Å². The number of nitrogens with one attached hydrogen (secondary N) is 1. The summed E-state index contributed by atoms with van der Waals surface area (Å²) in [7, 11) is -4.14. The number of aryl methyl sites for hydroxylation is 2. The van der Waals surface area contributed by atoms with Crippen LogP contribution in [0.15, 0.2) is 77.7 Å². The molecule has 40 heavy (non-hydrogen) atoms. The molecule has 2 amide bonds. The van der Waals surface area contributed by atoms with Crippen LogP contribution in [0.2, 0.25) is 0 Å². The molecule has 0 aliphatic rings. The van der Waals surface area contributed by atoms with Gasteiger partial charge in [0, 0.05) is 13.1 Å². The summed E-state index contributed by atoms with van der Waals surface area (Å²) in [4.78, 5) is 28.3. The molecule has 3 rings (SSSR count). The average molecular weight is 566 g/mol. The van der Waals surface area contributed by atoms with Crippen molar-refractivity contribution in [1.82, 2.24) is 10.2 Å². The number of sulfonamides is 1. The Balaban J connectivity index is 2.00. The highest BCUT2D eigenvalue weighted by atomic mass is 32.2. The Hall–Kier alpha value is -3.85. The third kappa shape index (κ3) is 7.85. The highest BCUT2D eigenvalue weighted by Gasteiger charge is 2.32. The molecule has 1 N–H and O–H groups in total. The molecular weight excluding hydrogens is 526 g/mol. The van der Waals surface area contributed by atoms with Crippen LogP contribution < -0.4 is 14.4 Å². The van der Waals surface area contributed by atoms with Gasteiger partial charge in [-0.2, -0.15) is 0 Å². The fourth-order valence-corrected chi connectivity index (χ4v) is 5.52. The van der Waals surface area contributed by atoms with Gasteiger partial charge in [-0.15, -0.1) is 0 Å². The zero-order chi connectivity index (χ0) is 29.3. The van der Waals surface area contributed by atoms with Crippen LogP contribution in [0.25, 0.3) is 0 Å². The van der Waals surface area contributed by atoms with Crippen LogP contribution in [0.4, 0.5) is 5.69 Å². The van der Waals surface area contributed by atoms with Gasteiger partial charge in [-0.1, -0.05) is 54.4 Å². The van der Waals surface area contributed by atoms with Crippen LogP contribution in [0.1, 0.15) is 43.9 Å². The lowest BCUT2D eigenvalue weighted by Crippen LogP contribution is -2.51. The predicted molar refractivity (Wildman–Crippen MR) is 158 cm³/mol. The standard InChI is InChI=1S/C31H39N3O5S/c1-6-20-32-31(36)25(5)33(21-26-12-8-23(3)9-13-26)30(35)22-34(27-14-10-24(4)11-15-27)40(37,38)29-18-16-28(17-19-29)39-7-2/h8-19,25H,6-7,20-22H2,1-5H3,(H,32,36)/t25-/m0/s1. The van der Waals surface area contributed by atoms with Gasteiger partial charge in [-0.3, -0.25) is 13.9 Å². The highest BCUT2D eigenvalue weighted by Crippen LogP contribution is 2.26. The second kappa shape index (κ2) is 14.0. The van der Waals surface area contributed by atoms with E-state index in [0.717, 1.165) is 27.4 Å². The minimum atomic E-state index is -4.14. The van der Waals surface area contributed by atoms with Gasteiger partial charge in [0.25, 0.3) is 10.0 Å². The molecule has 0 bridgehead atoms. The number of nitrogens with zero attached hydrogens (tertiary/aromatic N) is 2. The van der Waals surface area contributed by atoms with E-state index >= 15 is 0 Å². The number of ether oxygens (including phenoxy) is 1. The van der Waals surface area contributed by atoms with Crippen molar-refractivity contribution in [2.75, 3.05) is 24.0 Å². The normalized spacial score (nSPS) is 11.9. The summed E-state index contributed by atoms with van der Waals surface area (Å²) in [6.07, 6.45) is 0.756. The number of amides is 2. The second-order valence-corrected chi connectivity index (χ2v) is 11.6. The number of hydrogen-bond acceptors (Lipinski definition) is 5. The predicted octanol–water partition coefficient (Wildman–Crippen LogP) is 4.84. The number of rotatable bonds is 13. The van der Waals surface area contributed by atoms with E-state index in [1.807, 2.05) is 52.0 Å². The smallest absolute Gasteiger partial charge is 0.264 e. The molecule has 0 fully saturated rings. The Labute approximate surface area is 238 Å². The lowest BCUT2D eigenvalue weighted by atomic mass is 10.1. The van der Waals surface area contributed by atoms with Crippen molar-refractivity contribution in [2.24, 2.45) is 0 Å². The molecule has 1 atom stereocenters. The van der Waals surface area contributed by atoms with Crippen LogP contribution in [0.5, 0.6) is 5.75 Å². The first-order valence-electron chi connectivity index (χ1n) is 13.5. The molecule has 0 aromatic heterocycles. The molecule has 0 radical (unpaired) electrons. The largest absolute Gasteiger partial charge is 0.494 e. The molecule has 3 aromatic carbocycles. The maximum Gasteiger partial charge on any atom is 0.264 e. The van der Waals surface area contributed by atoms with Crippen molar-refractivity contribution in [2.45, 2.75) is 58.5 Å². The van der Waals surface area contributed by atoms with Crippen molar-refractivity contribution in [1.29, 1.82) is 0 Å². The fourth-order valence-electron chi connectivity index (χ4n) is 4.11. The molecule has 0 spiro atoms. The van der Waals surface area contributed by atoms with E-state index in [0.29, 0.717) is 24.6 Å². The third-order valence-corrected chi connectivity index (χ3v) is 8.30. The Morgan fingerprint density at radius 1 is 0.875 bits per heavy atom. The number of carbonyl (C=O) groups is 2. The molecule has 0 saturated carbocycles. The van der Waals surface area contributed by atoms with Gasteiger partial charge in [0.2, 0.25) is 11.8 Å². The van der Waals surface area contributed by atoms with Crippen LogP contribution in [0, 0.1) is 13.8 Å². The molecule has 0 aliphatic heterocycles. The van der Waals surface area contributed by atoms with Gasteiger partial charge in [0.05, 0.1) is 17.2 Å². The molecule has 0 saturated heterocycles. The summed E-state index contributed by atoms with van der Waals surface area (Å²) in [5, 5.41) is 2.85. The van der Waals surface area contributed by atoms with Crippen LogP contribution >= 0.6 is 0 Å². The summed E-state index contributed by atoms with van der Waals surface area (Å²) in [6, 6.07) is 19.9. The summed E-state index contributed by atoms with van der Waals surface area (Å²) in [6.45, 7) is 9.95. The van der Waals surface area contributed by atoms with Gasteiger partial charge in [0.1, 0.15) is 18.3 Å². The van der Waals surface area contributed by atoms with Crippen molar-refractivity contribution >= 4 is 27.5 Å². The van der Waals surface area contributed by atoms with E-state index in [1.165, 1.54) is 17.0 Å². The van der Waals surface area contributed by atoms with E-state index in [1.54, 1.807) is 43.3 Å². The lowest BCUT2D eigenvalue weighted by Gasteiger charge is -2.32. The van der Waals surface area contributed by atoms with Crippen LogP contribution in [0.3, 0.4) is 0 Å². The van der Waals surface area contributed by atoms with E-state index in [9.17, 15) is 18.0 Å². The molecule has 0 unspecified atom stereocenters. The molecule has 9 heteroatoms. The van der Waals surface area contributed by atoms with Gasteiger partial charge >= 0.3 is 0 Å². The summed E-state index contributed by atoms with van der Waals surface area (Å²) >= 11 is 0. The molecular formula is C31H39N3O5S. The Morgan fingerprint density at radius 3 is 2.00 bits per heavy atom. The zero-order valence-electron chi connectivity index (χ0n) is 23.9. The maximum atomic E-state index is 13.9. The third-order valence-electron chi connectivity index (χ3n) is 6.51. The van der Waals surface area contributed by atoms with Crippen molar-refractivity contribution in [3.05, 3.63) is 89.5 Å². The summed E-state index contributed by atoms with van der Waals surface area (Å²) in [5.74, 6) is -0.232. The quantitative estimate of drug-likeness (QED) is 0.320. The Kier molecular flexibility index (Phi) is 10.7. The van der Waals surface area contributed by atoms with Gasteiger partial charge in [0.15, 0.2) is 0 Å². The number of anilines is 1. The van der Waals surface area contributed by atoms with E-state index in [2.05, 4.69) is 5.32 Å². The summed E-state index contributed by atoms with van der Waals surface area (Å²) in [5.41, 5.74) is 3.22. The van der Waals surface area contributed by atoms with Crippen LogP contribution in [-0.2, 0) is 26.2 Å². The average Bonchev–Trinajstić information content (AvgIpc) is 2.94. The van der Waals surface area contributed by atoms with E-state index < -0.39 is 28.5 Å².